The second-order valence-corrected chi connectivity index (χ2v) is 3.63. The molecular weight excluding hydrogens is 221 g/mol. The van der Waals surface area contributed by atoms with Crippen molar-refractivity contribution < 1.29 is 9.18 Å². The monoisotopic (exact) mass is 233 g/mol. The van der Waals surface area contributed by atoms with E-state index in [1.165, 1.54) is 12.1 Å². The number of nitrogen functional groups attached to an aromatic ring is 1. The van der Waals surface area contributed by atoms with Crippen LogP contribution >= 0.6 is 0 Å². The van der Waals surface area contributed by atoms with E-state index in [1.807, 2.05) is 6.07 Å². The normalized spacial score (nSPS) is 10.2. The standard InChI is InChI=1S/C12H12FN3O/c13-9-1-2-10(11(14)5-9)12(17)16-7-8-3-4-15-6-8/h1-6,15H,7,14H2,(H,16,17). The SMILES string of the molecule is Nc1cc(F)ccc1C(=O)NCc1cc[nH]c1. The molecule has 4 N–H and O–H groups in total. The van der Waals surface area contributed by atoms with Crippen LogP contribution < -0.4 is 11.1 Å². The fourth-order valence-corrected chi connectivity index (χ4v) is 1.49. The molecule has 0 aliphatic carbocycles. The van der Waals surface area contributed by atoms with Crippen molar-refractivity contribution in [2.24, 2.45) is 0 Å². The summed E-state index contributed by atoms with van der Waals surface area (Å²) in [7, 11) is 0. The summed E-state index contributed by atoms with van der Waals surface area (Å²) in [5, 5.41) is 2.70. The number of nitrogens with one attached hydrogen (secondary N) is 2. The Hall–Kier alpha value is -2.30. The molecule has 0 aliphatic heterocycles. The van der Waals surface area contributed by atoms with Gasteiger partial charge >= 0.3 is 0 Å². The van der Waals surface area contributed by atoms with Crippen molar-refractivity contribution in [2.45, 2.75) is 6.54 Å². The number of anilines is 1. The van der Waals surface area contributed by atoms with E-state index < -0.39 is 5.82 Å². The highest BCUT2D eigenvalue weighted by Crippen LogP contribution is 2.13. The average molecular weight is 233 g/mol. The Morgan fingerprint density at radius 3 is 2.88 bits per heavy atom. The summed E-state index contributed by atoms with van der Waals surface area (Å²) in [5.41, 5.74) is 6.94. The number of benzene rings is 1. The number of carbonyl (C=O) groups excluding carboxylic acids is 1. The van der Waals surface area contributed by atoms with E-state index in [2.05, 4.69) is 10.3 Å². The Bertz CT molecular complexity index is 523. The minimum Gasteiger partial charge on any atom is -0.398 e. The third kappa shape index (κ3) is 2.63. The number of aromatic amines is 1. The van der Waals surface area contributed by atoms with Gasteiger partial charge in [0.05, 0.1) is 5.56 Å². The number of nitrogens with two attached hydrogens (primary N) is 1. The van der Waals surface area contributed by atoms with Gasteiger partial charge < -0.3 is 16.0 Å². The van der Waals surface area contributed by atoms with Crippen LogP contribution in [0.15, 0.2) is 36.7 Å². The van der Waals surface area contributed by atoms with Crippen LogP contribution in [0.4, 0.5) is 10.1 Å². The van der Waals surface area contributed by atoms with Gasteiger partial charge in [-0.05, 0) is 29.8 Å². The summed E-state index contributed by atoms with van der Waals surface area (Å²) in [6.45, 7) is 0.402. The number of hydrogen-bond acceptors (Lipinski definition) is 2. The lowest BCUT2D eigenvalue weighted by molar-refractivity contribution is 0.0952. The van der Waals surface area contributed by atoms with Gasteiger partial charge in [0.15, 0.2) is 0 Å². The summed E-state index contributed by atoms with van der Waals surface area (Å²) < 4.78 is 12.8. The van der Waals surface area contributed by atoms with E-state index in [1.54, 1.807) is 12.4 Å². The second kappa shape index (κ2) is 4.69. The van der Waals surface area contributed by atoms with Gasteiger partial charge in [0, 0.05) is 24.6 Å². The zero-order chi connectivity index (χ0) is 12.3. The fourth-order valence-electron chi connectivity index (χ4n) is 1.49. The van der Waals surface area contributed by atoms with Crippen molar-refractivity contribution in [3.8, 4) is 0 Å². The Morgan fingerprint density at radius 2 is 2.24 bits per heavy atom. The number of rotatable bonds is 3. The van der Waals surface area contributed by atoms with Crippen LogP contribution in [0.2, 0.25) is 0 Å². The maximum atomic E-state index is 12.8. The quantitative estimate of drug-likeness (QED) is 0.705. The molecule has 0 bridgehead atoms. The summed E-state index contributed by atoms with van der Waals surface area (Å²) in [6.07, 6.45) is 3.56. The Balaban J connectivity index is 2.04. The lowest BCUT2D eigenvalue weighted by Gasteiger charge is -2.06. The van der Waals surface area contributed by atoms with Crippen LogP contribution in [-0.2, 0) is 6.54 Å². The zero-order valence-corrected chi connectivity index (χ0v) is 9.03. The van der Waals surface area contributed by atoms with Crippen LogP contribution in [0.3, 0.4) is 0 Å². The van der Waals surface area contributed by atoms with Gasteiger partial charge in [-0.2, -0.15) is 0 Å². The molecule has 2 rings (SSSR count). The third-order valence-corrected chi connectivity index (χ3v) is 2.37. The van der Waals surface area contributed by atoms with Gasteiger partial charge in [0.2, 0.25) is 0 Å². The van der Waals surface area contributed by atoms with Gasteiger partial charge in [-0.3, -0.25) is 4.79 Å². The molecule has 1 aromatic heterocycles. The second-order valence-electron chi connectivity index (χ2n) is 3.63. The Kier molecular flexibility index (Phi) is 3.09. The van der Waals surface area contributed by atoms with Gasteiger partial charge in [-0.1, -0.05) is 0 Å². The Labute approximate surface area is 97.6 Å². The zero-order valence-electron chi connectivity index (χ0n) is 9.03. The topological polar surface area (TPSA) is 70.9 Å². The van der Waals surface area contributed by atoms with Gasteiger partial charge in [0.1, 0.15) is 5.82 Å². The fraction of sp³-hybridized carbons (Fsp3) is 0.0833. The largest absolute Gasteiger partial charge is 0.398 e. The van der Waals surface area contributed by atoms with Crippen LogP contribution in [0.1, 0.15) is 15.9 Å². The first kappa shape index (κ1) is 11.2. The molecule has 0 spiro atoms. The number of hydrogen-bond donors (Lipinski definition) is 3. The highest BCUT2D eigenvalue weighted by atomic mass is 19.1. The first-order chi connectivity index (χ1) is 8.16. The molecule has 1 aromatic carbocycles. The minimum atomic E-state index is -0.454. The van der Waals surface area contributed by atoms with Crippen molar-refractivity contribution in [3.05, 3.63) is 53.6 Å². The van der Waals surface area contributed by atoms with E-state index >= 15 is 0 Å². The summed E-state index contributed by atoms with van der Waals surface area (Å²) in [6, 6.07) is 5.57. The molecule has 1 heterocycles. The number of carbonyl (C=O) groups is 1. The molecule has 0 saturated carbocycles. The molecule has 0 fully saturated rings. The maximum absolute atomic E-state index is 12.8. The highest BCUT2D eigenvalue weighted by molar-refractivity contribution is 5.99. The van der Waals surface area contributed by atoms with Crippen molar-refractivity contribution in [2.75, 3.05) is 5.73 Å². The van der Waals surface area contributed by atoms with Crippen LogP contribution in [0.25, 0.3) is 0 Å². The first-order valence-electron chi connectivity index (χ1n) is 5.11. The third-order valence-electron chi connectivity index (χ3n) is 2.37. The molecule has 0 aliphatic rings. The first-order valence-corrected chi connectivity index (χ1v) is 5.11. The molecule has 2 aromatic rings. The molecule has 88 valence electrons. The van der Waals surface area contributed by atoms with Gasteiger partial charge in [-0.25, -0.2) is 4.39 Å². The molecule has 1 amide bonds. The highest BCUT2D eigenvalue weighted by Gasteiger charge is 2.09. The predicted octanol–water partition coefficient (Wildman–Crippen LogP) is 1.67. The van der Waals surface area contributed by atoms with E-state index in [4.69, 9.17) is 5.73 Å². The van der Waals surface area contributed by atoms with Crippen LogP contribution in [-0.4, -0.2) is 10.9 Å². The van der Waals surface area contributed by atoms with Gasteiger partial charge in [0.25, 0.3) is 5.91 Å². The summed E-state index contributed by atoms with van der Waals surface area (Å²) in [5.74, 6) is -0.770. The van der Waals surface area contributed by atoms with E-state index in [0.717, 1.165) is 11.6 Å². The summed E-state index contributed by atoms with van der Waals surface area (Å²) in [4.78, 5) is 14.6. The molecule has 0 unspecified atom stereocenters. The van der Waals surface area contributed by atoms with E-state index in [0.29, 0.717) is 6.54 Å². The molecule has 0 radical (unpaired) electrons. The molecule has 4 nitrogen and oxygen atoms in total. The lowest BCUT2D eigenvalue weighted by Crippen LogP contribution is -2.23. The van der Waals surface area contributed by atoms with E-state index in [9.17, 15) is 9.18 Å². The van der Waals surface area contributed by atoms with Crippen molar-refractivity contribution in [1.29, 1.82) is 0 Å². The maximum Gasteiger partial charge on any atom is 0.253 e. The Morgan fingerprint density at radius 1 is 1.41 bits per heavy atom. The molecule has 5 heteroatoms. The number of aromatic nitrogens is 1. The summed E-state index contributed by atoms with van der Waals surface area (Å²) >= 11 is 0. The van der Waals surface area contributed by atoms with Crippen LogP contribution in [0, 0.1) is 5.82 Å². The van der Waals surface area contributed by atoms with Crippen molar-refractivity contribution >= 4 is 11.6 Å². The minimum absolute atomic E-state index is 0.136. The average Bonchev–Trinajstić information content (AvgIpc) is 2.78. The van der Waals surface area contributed by atoms with Crippen molar-refractivity contribution in [3.63, 3.8) is 0 Å². The lowest BCUT2D eigenvalue weighted by atomic mass is 10.1. The molecular formula is C12H12FN3O. The van der Waals surface area contributed by atoms with Gasteiger partial charge in [-0.15, -0.1) is 0 Å². The molecule has 0 saturated heterocycles. The number of halogens is 1. The molecule has 0 atom stereocenters. The predicted molar refractivity (Wildman–Crippen MR) is 62.8 cm³/mol. The van der Waals surface area contributed by atoms with Crippen LogP contribution in [0.5, 0.6) is 0 Å². The molecule has 17 heavy (non-hydrogen) atoms. The van der Waals surface area contributed by atoms with Crippen molar-refractivity contribution in [1.82, 2.24) is 10.3 Å². The van der Waals surface area contributed by atoms with E-state index in [-0.39, 0.29) is 17.2 Å². The smallest absolute Gasteiger partial charge is 0.253 e. The number of H-pyrrole nitrogens is 1. The number of amides is 1.